The van der Waals surface area contributed by atoms with Gasteiger partial charge < -0.3 is 10.1 Å². The summed E-state index contributed by atoms with van der Waals surface area (Å²) in [7, 11) is 1.56. The predicted octanol–water partition coefficient (Wildman–Crippen LogP) is 3.59. The average Bonchev–Trinajstić information content (AvgIpc) is 3.13. The van der Waals surface area contributed by atoms with Crippen molar-refractivity contribution in [3.8, 4) is 5.75 Å². The SMILES string of the molecule is COc1cccc(N2C(=O)c3cc(C)nn3C[C@]2(C)C(=O)NCc2ccc(Cl)cc2)c1. The number of carbonyl (C=O) groups is 2. The van der Waals surface area contributed by atoms with Gasteiger partial charge in [-0.3, -0.25) is 19.2 Å². The average molecular weight is 439 g/mol. The van der Waals surface area contributed by atoms with Crippen molar-refractivity contribution in [1.82, 2.24) is 15.1 Å². The molecule has 0 spiro atoms. The number of amides is 2. The van der Waals surface area contributed by atoms with Crippen molar-refractivity contribution in [3.05, 3.63) is 76.6 Å². The molecular formula is C23H23ClN4O3. The molecule has 0 unspecified atom stereocenters. The molecule has 2 heterocycles. The first kappa shape index (κ1) is 20.9. The zero-order chi connectivity index (χ0) is 22.2. The summed E-state index contributed by atoms with van der Waals surface area (Å²) in [5.41, 5.74) is 1.47. The van der Waals surface area contributed by atoms with Gasteiger partial charge in [-0.1, -0.05) is 29.8 Å². The summed E-state index contributed by atoms with van der Waals surface area (Å²) in [5, 5.41) is 8.02. The number of hydrogen-bond donors (Lipinski definition) is 1. The van der Waals surface area contributed by atoms with Gasteiger partial charge in [0.1, 0.15) is 17.0 Å². The Kier molecular flexibility index (Phi) is 5.45. The molecule has 2 amide bonds. The number of benzene rings is 2. The van der Waals surface area contributed by atoms with Crippen LogP contribution in [-0.4, -0.2) is 34.2 Å². The lowest BCUT2D eigenvalue weighted by atomic mass is 9.93. The van der Waals surface area contributed by atoms with Gasteiger partial charge in [0, 0.05) is 23.3 Å². The van der Waals surface area contributed by atoms with Gasteiger partial charge in [-0.15, -0.1) is 0 Å². The standard InChI is InChI=1S/C23H23ClN4O3/c1-15-11-20-21(29)28(18-5-4-6-19(12-18)31-3)23(2,14-27(20)26-15)22(30)25-13-16-7-9-17(24)10-8-16/h4-12H,13-14H2,1-3H3,(H,25,30)/t23-/m1/s1. The molecule has 1 N–H and O–H groups in total. The van der Waals surface area contributed by atoms with E-state index in [0.29, 0.717) is 28.7 Å². The van der Waals surface area contributed by atoms with Crippen molar-refractivity contribution in [3.63, 3.8) is 0 Å². The van der Waals surface area contributed by atoms with Crippen LogP contribution < -0.4 is 15.0 Å². The van der Waals surface area contributed by atoms with Crippen molar-refractivity contribution in [1.29, 1.82) is 0 Å². The minimum Gasteiger partial charge on any atom is -0.497 e. The smallest absolute Gasteiger partial charge is 0.277 e. The number of rotatable bonds is 5. The molecule has 8 heteroatoms. The highest BCUT2D eigenvalue weighted by Crippen LogP contribution is 2.34. The van der Waals surface area contributed by atoms with E-state index in [1.54, 1.807) is 61.2 Å². The zero-order valence-corrected chi connectivity index (χ0v) is 18.3. The van der Waals surface area contributed by atoms with E-state index in [4.69, 9.17) is 16.3 Å². The number of aromatic nitrogens is 2. The Bertz CT molecular complexity index is 1140. The second kappa shape index (κ2) is 8.07. The second-order valence-electron chi connectivity index (χ2n) is 7.75. The fourth-order valence-electron chi connectivity index (χ4n) is 3.84. The van der Waals surface area contributed by atoms with Crippen LogP contribution in [0.2, 0.25) is 5.02 Å². The number of ether oxygens (including phenoxy) is 1. The highest BCUT2D eigenvalue weighted by molar-refractivity contribution is 6.30. The monoisotopic (exact) mass is 438 g/mol. The molecular weight excluding hydrogens is 416 g/mol. The molecule has 0 fully saturated rings. The lowest BCUT2D eigenvalue weighted by Gasteiger charge is -2.43. The molecule has 31 heavy (non-hydrogen) atoms. The predicted molar refractivity (Wildman–Crippen MR) is 118 cm³/mol. The first-order valence-corrected chi connectivity index (χ1v) is 10.3. The van der Waals surface area contributed by atoms with Gasteiger partial charge in [0.15, 0.2) is 0 Å². The fourth-order valence-corrected chi connectivity index (χ4v) is 3.97. The van der Waals surface area contributed by atoms with Gasteiger partial charge in [0.05, 0.1) is 19.3 Å². The third kappa shape index (κ3) is 3.88. The molecule has 0 radical (unpaired) electrons. The van der Waals surface area contributed by atoms with Gasteiger partial charge in [0.25, 0.3) is 5.91 Å². The highest BCUT2D eigenvalue weighted by Gasteiger charge is 2.48. The second-order valence-corrected chi connectivity index (χ2v) is 8.19. The van der Waals surface area contributed by atoms with E-state index in [0.717, 1.165) is 11.3 Å². The molecule has 160 valence electrons. The number of methoxy groups -OCH3 is 1. The summed E-state index contributed by atoms with van der Waals surface area (Å²) in [5.74, 6) is 0.0335. The van der Waals surface area contributed by atoms with Crippen LogP contribution in [0.15, 0.2) is 54.6 Å². The summed E-state index contributed by atoms with van der Waals surface area (Å²) in [6.45, 7) is 4.12. The minimum atomic E-state index is -1.19. The van der Waals surface area contributed by atoms with Gasteiger partial charge in [-0.25, -0.2) is 0 Å². The fraction of sp³-hybridized carbons (Fsp3) is 0.261. The Morgan fingerprint density at radius 1 is 1.23 bits per heavy atom. The largest absolute Gasteiger partial charge is 0.497 e. The van der Waals surface area contributed by atoms with E-state index in [1.165, 1.54) is 4.90 Å². The van der Waals surface area contributed by atoms with Gasteiger partial charge in [0.2, 0.25) is 5.91 Å². The maximum atomic E-state index is 13.5. The van der Waals surface area contributed by atoms with Crippen molar-refractivity contribution >= 4 is 29.1 Å². The molecule has 1 aromatic heterocycles. The lowest BCUT2D eigenvalue weighted by molar-refractivity contribution is -0.126. The Morgan fingerprint density at radius 3 is 2.68 bits per heavy atom. The maximum Gasteiger partial charge on any atom is 0.277 e. The Balaban J connectivity index is 1.71. The quantitative estimate of drug-likeness (QED) is 0.660. The van der Waals surface area contributed by atoms with E-state index >= 15 is 0 Å². The van der Waals surface area contributed by atoms with Crippen LogP contribution in [0.1, 0.15) is 28.7 Å². The van der Waals surface area contributed by atoms with E-state index in [-0.39, 0.29) is 18.4 Å². The first-order chi connectivity index (χ1) is 14.8. The molecule has 0 bridgehead atoms. The van der Waals surface area contributed by atoms with Crippen LogP contribution in [0.5, 0.6) is 5.75 Å². The molecule has 0 saturated heterocycles. The summed E-state index contributed by atoms with van der Waals surface area (Å²) in [6.07, 6.45) is 0. The molecule has 0 aliphatic carbocycles. The summed E-state index contributed by atoms with van der Waals surface area (Å²) in [4.78, 5) is 28.5. The van der Waals surface area contributed by atoms with Crippen molar-refractivity contribution < 1.29 is 14.3 Å². The number of nitrogens with zero attached hydrogens (tertiary/aromatic N) is 3. The molecule has 1 aliphatic rings. The summed E-state index contributed by atoms with van der Waals surface area (Å²) in [6, 6.07) is 16.1. The van der Waals surface area contributed by atoms with Crippen LogP contribution >= 0.6 is 11.6 Å². The maximum absolute atomic E-state index is 13.5. The van der Waals surface area contributed by atoms with Crippen molar-refractivity contribution in [2.75, 3.05) is 12.0 Å². The highest BCUT2D eigenvalue weighted by atomic mass is 35.5. The van der Waals surface area contributed by atoms with E-state index < -0.39 is 5.54 Å². The number of anilines is 1. The summed E-state index contributed by atoms with van der Waals surface area (Å²) < 4.78 is 6.94. The third-order valence-electron chi connectivity index (χ3n) is 5.44. The summed E-state index contributed by atoms with van der Waals surface area (Å²) >= 11 is 5.94. The van der Waals surface area contributed by atoms with Crippen molar-refractivity contribution in [2.45, 2.75) is 32.5 Å². The van der Waals surface area contributed by atoms with Crippen LogP contribution in [0.4, 0.5) is 5.69 Å². The number of hydrogen-bond acceptors (Lipinski definition) is 4. The molecule has 3 aromatic rings. The number of nitrogens with one attached hydrogen (secondary N) is 1. The number of halogens is 1. The molecule has 7 nitrogen and oxygen atoms in total. The number of fused-ring (bicyclic) bond motifs is 1. The number of carbonyl (C=O) groups excluding carboxylic acids is 2. The Morgan fingerprint density at radius 2 is 1.97 bits per heavy atom. The minimum absolute atomic E-state index is 0.228. The first-order valence-electron chi connectivity index (χ1n) is 9.87. The molecule has 0 saturated carbocycles. The number of aryl methyl sites for hydroxylation is 1. The van der Waals surface area contributed by atoms with Crippen LogP contribution in [0.3, 0.4) is 0 Å². The molecule has 2 aromatic carbocycles. The topological polar surface area (TPSA) is 76.5 Å². The van der Waals surface area contributed by atoms with E-state index in [9.17, 15) is 9.59 Å². The van der Waals surface area contributed by atoms with Crippen LogP contribution in [0, 0.1) is 6.92 Å². The Hall–Kier alpha value is -3.32. The molecule has 1 aliphatic heterocycles. The van der Waals surface area contributed by atoms with Crippen LogP contribution in [0.25, 0.3) is 0 Å². The normalized spacial score (nSPS) is 17.9. The Labute approximate surface area is 185 Å². The third-order valence-corrected chi connectivity index (χ3v) is 5.69. The molecule has 4 rings (SSSR count). The van der Waals surface area contributed by atoms with Gasteiger partial charge in [-0.2, -0.15) is 5.10 Å². The van der Waals surface area contributed by atoms with Gasteiger partial charge in [-0.05, 0) is 49.7 Å². The lowest BCUT2D eigenvalue weighted by Crippen LogP contribution is -2.64. The van der Waals surface area contributed by atoms with Gasteiger partial charge >= 0.3 is 0 Å². The zero-order valence-electron chi connectivity index (χ0n) is 17.6. The molecule has 1 atom stereocenters. The van der Waals surface area contributed by atoms with Crippen molar-refractivity contribution in [2.24, 2.45) is 0 Å². The van der Waals surface area contributed by atoms with E-state index in [1.807, 2.05) is 19.1 Å². The van der Waals surface area contributed by atoms with Crippen LogP contribution in [-0.2, 0) is 17.9 Å². The van der Waals surface area contributed by atoms with E-state index in [2.05, 4.69) is 10.4 Å².